The molecule has 10 atom stereocenters. The first-order valence-corrected chi connectivity index (χ1v) is 16.6. The van der Waals surface area contributed by atoms with Crippen molar-refractivity contribution in [1.82, 2.24) is 0 Å². The fourth-order valence-corrected chi connectivity index (χ4v) is 12.3. The van der Waals surface area contributed by atoms with Crippen LogP contribution in [0.1, 0.15) is 126 Å². The fourth-order valence-electron chi connectivity index (χ4n) is 12.3. The molecule has 0 aromatic carbocycles. The minimum atomic E-state index is -1.15. The van der Waals surface area contributed by atoms with Crippen molar-refractivity contribution in [1.29, 1.82) is 0 Å². The maximum atomic E-state index is 12.9. The summed E-state index contributed by atoms with van der Waals surface area (Å²) in [6.07, 6.45) is 9.38. The molecule has 0 aliphatic heterocycles. The van der Waals surface area contributed by atoms with Gasteiger partial charge in [-0.25, -0.2) is 0 Å². The lowest BCUT2D eigenvalue weighted by Gasteiger charge is -2.72. The molecular weight excluding hydrogens is 528 g/mol. The molecule has 5 aliphatic carbocycles. The van der Waals surface area contributed by atoms with Gasteiger partial charge in [-0.15, -0.1) is 0 Å². The number of carboxylic acid groups (broad SMARTS) is 2. The third kappa shape index (κ3) is 4.19. The van der Waals surface area contributed by atoms with Crippen LogP contribution in [0.3, 0.4) is 0 Å². The van der Waals surface area contributed by atoms with Crippen LogP contribution in [0.4, 0.5) is 0 Å². The van der Waals surface area contributed by atoms with Crippen molar-refractivity contribution in [2.75, 3.05) is 0 Å². The van der Waals surface area contributed by atoms with Crippen molar-refractivity contribution in [3.63, 3.8) is 0 Å². The molecule has 42 heavy (non-hydrogen) atoms. The fraction of sp³-hybridized carbons (Fsp3) is 0.861. The number of fused-ring (bicyclic) bond motifs is 7. The topological polar surface area (TPSA) is 101 Å². The first kappa shape index (κ1) is 31.6. The van der Waals surface area contributed by atoms with Gasteiger partial charge < -0.3 is 14.9 Å². The smallest absolute Gasteiger partial charge is 0.309 e. The van der Waals surface area contributed by atoms with E-state index in [2.05, 4.69) is 48.1 Å². The highest BCUT2D eigenvalue weighted by Crippen LogP contribution is 2.77. The molecule has 0 amide bonds. The quantitative estimate of drug-likeness (QED) is 0.241. The molecule has 236 valence electrons. The summed E-state index contributed by atoms with van der Waals surface area (Å²) in [6, 6.07) is 0. The van der Waals surface area contributed by atoms with Gasteiger partial charge in [-0.1, -0.05) is 46.8 Å². The summed E-state index contributed by atoms with van der Waals surface area (Å²) in [7, 11) is 0. The Morgan fingerprint density at radius 3 is 2.10 bits per heavy atom. The average Bonchev–Trinajstić information content (AvgIpc) is 3.27. The van der Waals surface area contributed by atoms with Gasteiger partial charge in [0.2, 0.25) is 0 Å². The summed E-state index contributed by atoms with van der Waals surface area (Å²) in [4.78, 5) is 37.5. The number of carbonyl (C=O) groups is 3. The van der Waals surface area contributed by atoms with Crippen LogP contribution in [0, 0.1) is 62.1 Å². The third-order valence-corrected chi connectivity index (χ3v) is 14.9. The number of rotatable bonds is 6. The van der Waals surface area contributed by atoms with Crippen molar-refractivity contribution in [3.8, 4) is 0 Å². The number of ether oxygens (including phenoxy) is 1. The Balaban J connectivity index is 1.42. The van der Waals surface area contributed by atoms with Crippen molar-refractivity contribution in [2.24, 2.45) is 62.1 Å². The predicted molar refractivity (Wildman–Crippen MR) is 163 cm³/mol. The first-order valence-electron chi connectivity index (χ1n) is 16.6. The van der Waals surface area contributed by atoms with Crippen LogP contribution in [0.15, 0.2) is 12.2 Å². The number of aliphatic carboxylic acids is 2. The van der Waals surface area contributed by atoms with Crippen LogP contribution in [0.25, 0.3) is 0 Å². The maximum Gasteiger partial charge on any atom is 0.309 e. The van der Waals surface area contributed by atoms with Crippen molar-refractivity contribution in [3.05, 3.63) is 12.2 Å². The summed E-state index contributed by atoms with van der Waals surface area (Å²) in [5.74, 6) is -0.165. The standard InChI is InChI=1S/C36H56O6/c1-21(2)22-12-17-36(30(40)41)19-18-34(8)23(28(22)36)10-11-25-33(7)15-14-26(42-27(37)20-31(3,4)29(38)39)32(5,6)24(33)13-16-35(25,34)9/h22-26,28H,1,10-20H2,2-9H3,(H,38,39)(H,40,41)/t22-,23+,24-,25+,26-,28+,33-,34+,35+,36-/m1/s1. The molecule has 0 aromatic heterocycles. The lowest BCUT2D eigenvalue weighted by Crippen LogP contribution is -2.67. The van der Waals surface area contributed by atoms with Gasteiger partial charge in [0, 0.05) is 5.41 Å². The second-order valence-corrected chi connectivity index (χ2v) is 17.4. The second-order valence-electron chi connectivity index (χ2n) is 17.4. The zero-order chi connectivity index (χ0) is 31.3. The van der Waals surface area contributed by atoms with E-state index in [4.69, 9.17) is 4.74 Å². The van der Waals surface area contributed by atoms with E-state index >= 15 is 0 Å². The molecule has 0 radical (unpaired) electrons. The average molecular weight is 585 g/mol. The molecule has 6 heteroatoms. The van der Waals surface area contributed by atoms with E-state index in [0.29, 0.717) is 23.7 Å². The van der Waals surface area contributed by atoms with Gasteiger partial charge in [-0.05, 0) is 131 Å². The molecule has 0 aromatic rings. The van der Waals surface area contributed by atoms with E-state index in [0.717, 1.165) is 69.8 Å². The monoisotopic (exact) mass is 584 g/mol. The van der Waals surface area contributed by atoms with E-state index in [9.17, 15) is 24.6 Å². The summed E-state index contributed by atoms with van der Waals surface area (Å²) in [5.41, 5.74) is -0.477. The highest BCUT2D eigenvalue weighted by atomic mass is 16.5. The minimum absolute atomic E-state index is 0.0847. The Morgan fingerprint density at radius 1 is 0.833 bits per heavy atom. The van der Waals surface area contributed by atoms with E-state index in [1.54, 1.807) is 13.8 Å². The molecule has 0 saturated heterocycles. The van der Waals surface area contributed by atoms with Crippen LogP contribution >= 0.6 is 0 Å². The SMILES string of the molecule is C=C(C)[C@H]1CC[C@@]2(C(=O)O)CC[C@@]3(C)[C@@H](CC[C@H]4[C@]5(C)CC[C@@H](OC(=O)CC(C)(C)C(=O)O)C(C)(C)[C@H]5CC[C@@]43C)[C@H]12. The number of hydrogen-bond donors (Lipinski definition) is 2. The van der Waals surface area contributed by atoms with Gasteiger partial charge in [0.15, 0.2) is 0 Å². The van der Waals surface area contributed by atoms with E-state index < -0.39 is 28.7 Å². The van der Waals surface area contributed by atoms with Crippen LogP contribution in [-0.2, 0) is 19.1 Å². The largest absolute Gasteiger partial charge is 0.481 e. The van der Waals surface area contributed by atoms with Crippen LogP contribution in [0.2, 0.25) is 0 Å². The van der Waals surface area contributed by atoms with Gasteiger partial charge in [-0.3, -0.25) is 14.4 Å². The third-order valence-electron chi connectivity index (χ3n) is 14.9. The minimum Gasteiger partial charge on any atom is -0.481 e. The lowest BCUT2D eigenvalue weighted by molar-refractivity contribution is -0.250. The summed E-state index contributed by atoms with van der Waals surface area (Å²) >= 11 is 0. The number of hydrogen-bond acceptors (Lipinski definition) is 4. The second kappa shape index (κ2) is 9.83. The highest BCUT2D eigenvalue weighted by molar-refractivity contribution is 5.81. The van der Waals surface area contributed by atoms with Crippen LogP contribution in [-0.4, -0.2) is 34.2 Å². The number of carbonyl (C=O) groups excluding carboxylic acids is 1. The Kier molecular flexibility index (Phi) is 7.39. The number of allylic oxidation sites excluding steroid dienone is 1. The maximum absolute atomic E-state index is 12.9. The number of esters is 1. The molecule has 0 spiro atoms. The highest BCUT2D eigenvalue weighted by Gasteiger charge is 2.72. The van der Waals surface area contributed by atoms with Gasteiger partial charge in [-0.2, -0.15) is 0 Å². The Hall–Kier alpha value is -1.85. The van der Waals surface area contributed by atoms with Gasteiger partial charge in [0.05, 0.1) is 17.3 Å². The van der Waals surface area contributed by atoms with Crippen LogP contribution < -0.4 is 0 Å². The summed E-state index contributed by atoms with van der Waals surface area (Å²) in [5, 5.41) is 20.1. The Morgan fingerprint density at radius 2 is 1.50 bits per heavy atom. The van der Waals surface area contributed by atoms with Crippen molar-refractivity contribution < 1.29 is 29.3 Å². The molecule has 0 heterocycles. The zero-order valence-corrected chi connectivity index (χ0v) is 27.5. The van der Waals surface area contributed by atoms with Crippen LogP contribution in [0.5, 0.6) is 0 Å². The lowest BCUT2D eigenvalue weighted by atomic mass is 9.32. The Labute approximate surface area is 253 Å². The van der Waals surface area contributed by atoms with Crippen molar-refractivity contribution in [2.45, 2.75) is 132 Å². The molecule has 5 saturated carbocycles. The molecule has 0 unspecified atom stereocenters. The van der Waals surface area contributed by atoms with E-state index in [-0.39, 0.29) is 40.1 Å². The van der Waals surface area contributed by atoms with Gasteiger partial charge in [0.1, 0.15) is 6.10 Å². The predicted octanol–water partition coefficient (Wildman–Crippen LogP) is 8.14. The molecule has 0 bridgehead atoms. The molecule has 2 N–H and O–H groups in total. The summed E-state index contributed by atoms with van der Waals surface area (Å²) in [6.45, 7) is 21.7. The zero-order valence-electron chi connectivity index (χ0n) is 27.5. The van der Waals surface area contributed by atoms with E-state index in [1.165, 1.54) is 0 Å². The summed E-state index contributed by atoms with van der Waals surface area (Å²) < 4.78 is 6.10. The van der Waals surface area contributed by atoms with Gasteiger partial charge in [0.25, 0.3) is 0 Å². The molecule has 6 nitrogen and oxygen atoms in total. The molecule has 5 rings (SSSR count). The molecule has 5 aliphatic rings. The van der Waals surface area contributed by atoms with Crippen molar-refractivity contribution >= 4 is 17.9 Å². The normalized spacial score (nSPS) is 45.9. The van der Waals surface area contributed by atoms with E-state index in [1.807, 2.05) is 0 Å². The molecular formula is C36H56O6. The number of carboxylic acids is 2. The molecule has 5 fully saturated rings. The first-order chi connectivity index (χ1) is 19.3. The van der Waals surface area contributed by atoms with Gasteiger partial charge >= 0.3 is 17.9 Å². The Bertz CT molecular complexity index is 1170.